The van der Waals surface area contributed by atoms with Crippen LogP contribution in [-0.4, -0.2) is 32.8 Å². The van der Waals surface area contributed by atoms with Gasteiger partial charge in [0.05, 0.1) is 11.1 Å². The number of allylic oxidation sites excluding steroid dienone is 1. The van der Waals surface area contributed by atoms with E-state index in [9.17, 15) is 14.4 Å². The molecule has 9 heteroatoms. The Morgan fingerprint density at radius 1 is 1.26 bits per heavy atom. The lowest BCUT2D eigenvalue weighted by atomic mass is 10.1. The molecule has 3 rings (SSSR count). The van der Waals surface area contributed by atoms with Gasteiger partial charge in [-0.2, -0.15) is 0 Å². The van der Waals surface area contributed by atoms with Crippen LogP contribution in [0.25, 0.3) is 20.7 Å². The van der Waals surface area contributed by atoms with E-state index in [1.165, 1.54) is 15.9 Å². The number of imide groups is 1. The highest BCUT2D eigenvalue weighted by Gasteiger charge is 2.18. The smallest absolute Gasteiger partial charge is 0.321 e. The Kier molecular flexibility index (Phi) is 6.97. The molecule has 1 aromatic carbocycles. The highest BCUT2D eigenvalue weighted by Crippen LogP contribution is 2.32. The van der Waals surface area contributed by atoms with Crippen LogP contribution in [0.4, 0.5) is 4.79 Å². The average molecular weight is 457 g/mol. The summed E-state index contributed by atoms with van der Waals surface area (Å²) >= 11 is 2.54. The van der Waals surface area contributed by atoms with Crippen LogP contribution in [0.2, 0.25) is 0 Å². The third-order valence-electron chi connectivity index (χ3n) is 4.06. The van der Waals surface area contributed by atoms with E-state index in [1.807, 2.05) is 57.2 Å². The summed E-state index contributed by atoms with van der Waals surface area (Å²) in [7, 11) is 0. The number of fused-ring (bicyclic) bond motifs is 1. The fourth-order valence-electron chi connectivity index (χ4n) is 2.81. The maximum absolute atomic E-state index is 13.1. The van der Waals surface area contributed by atoms with E-state index >= 15 is 0 Å². The molecule has 0 bridgehead atoms. The van der Waals surface area contributed by atoms with Gasteiger partial charge in [0.25, 0.3) is 5.56 Å². The second-order valence-electron chi connectivity index (χ2n) is 7.84. The van der Waals surface area contributed by atoms with Gasteiger partial charge in [-0.25, -0.2) is 9.78 Å². The Morgan fingerprint density at radius 3 is 2.61 bits per heavy atom. The minimum Gasteiger partial charge on any atom is -0.333 e. The summed E-state index contributed by atoms with van der Waals surface area (Å²) in [4.78, 5) is 43.3. The summed E-state index contributed by atoms with van der Waals surface area (Å²) in [5, 5.41) is 5.90. The lowest BCUT2D eigenvalue weighted by molar-refractivity contribution is -0.117. The Balaban J connectivity index is 1.84. The first kappa shape index (κ1) is 22.8. The van der Waals surface area contributed by atoms with E-state index in [-0.39, 0.29) is 17.9 Å². The first-order valence-corrected chi connectivity index (χ1v) is 11.4. The number of rotatable bonds is 6. The topological polar surface area (TPSA) is 93.1 Å². The van der Waals surface area contributed by atoms with Gasteiger partial charge in [-0.1, -0.05) is 48.2 Å². The number of benzene rings is 1. The van der Waals surface area contributed by atoms with Crippen molar-refractivity contribution in [3.63, 3.8) is 0 Å². The Bertz CT molecular complexity index is 1180. The second kappa shape index (κ2) is 9.49. The van der Waals surface area contributed by atoms with Crippen LogP contribution in [-0.2, 0) is 11.3 Å². The van der Waals surface area contributed by atoms with Gasteiger partial charge in [0.15, 0.2) is 5.16 Å². The number of thioether (sulfide) groups is 1. The van der Waals surface area contributed by atoms with Crippen LogP contribution in [0.1, 0.15) is 20.8 Å². The van der Waals surface area contributed by atoms with E-state index in [4.69, 9.17) is 0 Å². The number of aromatic nitrogens is 2. The molecule has 0 fully saturated rings. The van der Waals surface area contributed by atoms with Crippen LogP contribution in [0, 0.1) is 0 Å². The number of amides is 3. The minimum absolute atomic E-state index is 0.0520. The van der Waals surface area contributed by atoms with Crippen molar-refractivity contribution in [3.05, 3.63) is 59.4 Å². The van der Waals surface area contributed by atoms with Crippen LogP contribution >= 0.6 is 23.1 Å². The largest absolute Gasteiger partial charge is 0.333 e. The van der Waals surface area contributed by atoms with Crippen molar-refractivity contribution in [2.45, 2.75) is 38.0 Å². The van der Waals surface area contributed by atoms with Crippen molar-refractivity contribution in [1.82, 2.24) is 20.2 Å². The summed E-state index contributed by atoms with van der Waals surface area (Å²) in [5.74, 6) is -0.522. The average Bonchev–Trinajstić information content (AvgIpc) is 3.12. The molecule has 2 N–H and O–H groups in total. The summed E-state index contributed by atoms with van der Waals surface area (Å²) in [6.07, 6.45) is 1.61. The van der Waals surface area contributed by atoms with E-state index in [1.54, 1.807) is 6.08 Å². The van der Waals surface area contributed by atoms with Crippen molar-refractivity contribution in [3.8, 4) is 10.4 Å². The van der Waals surface area contributed by atoms with Crippen molar-refractivity contribution in [2.24, 2.45) is 0 Å². The van der Waals surface area contributed by atoms with E-state index < -0.39 is 17.5 Å². The molecule has 0 aliphatic carbocycles. The van der Waals surface area contributed by atoms with E-state index in [0.29, 0.717) is 15.4 Å². The van der Waals surface area contributed by atoms with E-state index in [0.717, 1.165) is 22.2 Å². The summed E-state index contributed by atoms with van der Waals surface area (Å²) < 4.78 is 1.49. The van der Waals surface area contributed by atoms with Gasteiger partial charge in [-0.3, -0.25) is 19.5 Å². The predicted octanol–water partition coefficient (Wildman–Crippen LogP) is 4.03. The number of nitrogens with one attached hydrogen (secondary N) is 2. The van der Waals surface area contributed by atoms with Crippen LogP contribution in [0.15, 0.2) is 59.0 Å². The molecule has 0 aliphatic heterocycles. The molecule has 0 unspecified atom stereocenters. The molecular weight excluding hydrogens is 432 g/mol. The second-order valence-corrected chi connectivity index (χ2v) is 9.81. The Labute approximate surface area is 188 Å². The number of nitrogens with zero attached hydrogens (tertiary/aromatic N) is 2. The molecule has 3 amide bonds. The van der Waals surface area contributed by atoms with Crippen LogP contribution < -0.4 is 16.2 Å². The SMILES string of the molecule is C=CCn1c(SCC(=O)NC(=O)NC(C)(C)C)nc2sc(-c3ccccc3)cc2c1=O. The maximum atomic E-state index is 13.1. The number of hydrogen-bond donors (Lipinski definition) is 2. The standard InChI is InChI=1S/C22H24N4O3S2/c1-5-11-26-19(28)15-12-16(14-9-7-6-8-10-14)31-18(15)24-21(26)30-13-17(27)23-20(29)25-22(2,3)4/h5-10,12H,1,11,13H2,2-4H3,(H2,23,25,27,29). The Hall–Kier alpha value is -2.91. The molecule has 0 spiro atoms. The van der Waals surface area contributed by atoms with Crippen molar-refractivity contribution in [1.29, 1.82) is 0 Å². The quantitative estimate of drug-likeness (QED) is 0.332. The zero-order valence-corrected chi connectivity index (χ0v) is 19.2. The molecule has 0 radical (unpaired) electrons. The van der Waals surface area contributed by atoms with Gasteiger partial charge in [-0.05, 0) is 32.4 Å². The molecule has 2 aromatic heterocycles. The number of urea groups is 1. The van der Waals surface area contributed by atoms with Crippen LogP contribution in [0.3, 0.4) is 0 Å². The zero-order chi connectivity index (χ0) is 22.6. The monoisotopic (exact) mass is 456 g/mol. The van der Waals surface area contributed by atoms with Crippen LogP contribution in [0.5, 0.6) is 0 Å². The van der Waals surface area contributed by atoms with Crippen molar-refractivity contribution < 1.29 is 9.59 Å². The Morgan fingerprint density at radius 2 is 1.97 bits per heavy atom. The first-order valence-electron chi connectivity index (χ1n) is 9.63. The lowest BCUT2D eigenvalue weighted by Crippen LogP contribution is -2.48. The number of hydrogen-bond acceptors (Lipinski definition) is 6. The van der Waals surface area contributed by atoms with Gasteiger partial charge in [-0.15, -0.1) is 17.9 Å². The highest BCUT2D eigenvalue weighted by atomic mass is 32.2. The molecule has 0 saturated carbocycles. The fourth-order valence-corrected chi connectivity index (χ4v) is 4.69. The molecule has 162 valence electrons. The van der Waals surface area contributed by atoms with Gasteiger partial charge in [0.1, 0.15) is 4.83 Å². The molecule has 31 heavy (non-hydrogen) atoms. The number of thiophene rings is 1. The summed E-state index contributed by atoms with van der Waals surface area (Å²) in [6.45, 7) is 9.45. The molecular formula is C22H24N4O3S2. The normalized spacial score (nSPS) is 11.3. The number of carbonyl (C=O) groups is 2. The third-order valence-corrected chi connectivity index (χ3v) is 6.11. The summed E-state index contributed by atoms with van der Waals surface area (Å²) in [5.41, 5.74) is 0.375. The molecule has 0 aliphatic rings. The van der Waals surface area contributed by atoms with Crippen molar-refractivity contribution >= 4 is 45.3 Å². The molecule has 0 atom stereocenters. The highest BCUT2D eigenvalue weighted by molar-refractivity contribution is 7.99. The molecule has 7 nitrogen and oxygen atoms in total. The third kappa shape index (κ3) is 5.83. The first-order chi connectivity index (χ1) is 14.7. The molecule has 0 saturated heterocycles. The zero-order valence-electron chi connectivity index (χ0n) is 17.6. The summed E-state index contributed by atoms with van der Waals surface area (Å²) in [6, 6.07) is 11.1. The fraction of sp³-hybridized carbons (Fsp3) is 0.273. The van der Waals surface area contributed by atoms with Gasteiger partial charge >= 0.3 is 6.03 Å². The maximum Gasteiger partial charge on any atom is 0.321 e. The predicted molar refractivity (Wildman–Crippen MR) is 127 cm³/mol. The minimum atomic E-state index is -0.559. The molecule has 3 aromatic rings. The van der Waals surface area contributed by atoms with E-state index in [2.05, 4.69) is 22.2 Å². The number of carbonyl (C=O) groups excluding carboxylic acids is 2. The van der Waals surface area contributed by atoms with Gasteiger partial charge < -0.3 is 5.32 Å². The van der Waals surface area contributed by atoms with Crippen molar-refractivity contribution in [2.75, 3.05) is 5.75 Å². The molecule has 2 heterocycles. The lowest BCUT2D eigenvalue weighted by Gasteiger charge is -2.20. The van der Waals surface area contributed by atoms with Gasteiger partial charge in [0.2, 0.25) is 5.91 Å². The van der Waals surface area contributed by atoms with Gasteiger partial charge in [0, 0.05) is 17.0 Å².